The largest absolute Gasteiger partial charge is 0.444 e. The average Bonchev–Trinajstić information content (AvgIpc) is 2.15. The van der Waals surface area contributed by atoms with E-state index in [-0.39, 0.29) is 12.1 Å². The predicted octanol–water partition coefficient (Wildman–Crippen LogP) is 2.39. The molecule has 1 fully saturated rings. The lowest BCUT2D eigenvalue weighted by atomic mass is 10.1. The normalized spacial score (nSPS) is 19.8. The van der Waals surface area contributed by atoms with Crippen LogP contribution in [-0.2, 0) is 4.74 Å². The lowest BCUT2D eigenvalue weighted by Gasteiger charge is -2.29. The van der Waals surface area contributed by atoms with Gasteiger partial charge in [-0.2, -0.15) is 0 Å². The molecule has 1 aliphatic heterocycles. The molecular formula is C13H26N2O2. The summed E-state index contributed by atoms with van der Waals surface area (Å²) in [4.78, 5) is 14.0. The molecule has 1 rings (SSSR count). The zero-order valence-electron chi connectivity index (χ0n) is 11.6. The van der Waals surface area contributed by atoms with Crippen LogP contribution in [-0.4, -0.2) is 42.3 Å². The Morgan fingerprint density at radius 2 is 1.88 bits per heavy atom. The van der Waals surface area contributed by atoms with Crippen molar-refractivity contribution in [2.75, 3.05) is 19.6 Å². The van der Waals surface area contributed by atoms with Crippen molar-refractivity contribution in [2.45, 2.75) is 58.6 Å². The van der Waals surface area contributed by atoms with Crippen LogP contribution in [0.1, 0.15) is 47.0 Å². The number of hydrogen-bond donors (Lipinski definition) is 1. The lowest BCUT2D eigenvalue weighted by Crippen LogP contribution is -2.45. The Balaban J connectivity index is 2.23. The van der Waals surface area contributed by atoms with E-state index in [4.69, 9.17) is 4.74 Å². The first-order valence-corrected chi connectivity index (χ1v) is 6.59. The molecule has 1 heterocycles. The second kappa shape index (κ2) is 6.24. The number of ether oxygens (including phenoxy) is 1. The summed E-state index contributed by atoms with van der Waals surface area (Å²) >= 11 is 0. The number of carbonyl (C=O) groups excluding carboxylic acids is 1. The maximum absolute atomic E-state index is 11.6. The van der Waals surface area contributed by atoms with E-state index in [1.165, 1.54) is 19.3 Å². The summed E-state index contributed by atoms with van der Waals surface area (Å²) in [5.41, 5.74) is -0.422. The maximum Gasteiger partial charge on any atom is 0.407 e. The van der Waals surface area contributed by atoms with E-state index in [0.29, 0.717) is 0 Å². The summed E-state index contributed by atoms with van der Waals surface area (Å²) in [5, 5.41) is 2.88. The number of nitrogens with zero attached hydrogens (tertiary/aromatic N) is 1. The highest BCUT2D eigenvalue weighted by Crippen LogP contribution is 2.10. The SMILES string of the molecule is C[C@H](CN1CCCCC1)NC(=O)OC(C)(C)C. The summed E-state index contributed by atoms with van der Waals surface area (Å²) < 4.78 is 5.23. The highest BCUT2D eigenvalue weighted by Gasteiger charge is 2.19. The molecule has 0 saturated carbocycles. The van der Waals surface area contributed by atoms with Gasteiger partial charge in [-0.1, -0.05) is 6.42 Å². The van der Waals surface area contributed by atoms with E-state index in [2.05, 4.69) is 10.2 Å². The second-order valence-corrected chi connectivity index (χ2v) is 5.91. The topological polar surface area (TPSA) is 41.6 Å². The Morgan fingerprint density at radius 1 is 1.29 bits per heavy atom. The van der Waals surface area contributed by atoms with E-state index >= 15 is 0 Å². The fourth-order valence-corrected chi connectivity index (χ4v) is 2.08. The van der Waals surface area contributed by atoms with Gasteiger partial charge in [0, 0.05) is 12.6 Å². The molecule has 4 nitrogen and oxygen atoms in total. The fourth-order valence-electron chi connectivity index (χ4n) is 2.08. The Kier molecular flexibility index (Phi) is 5.25. The van der Waals surface area contributed by atoms with Crippen LogP contribution in [0.2, 0.25) is 0 Å². The van der Waals surface area contributed by atoms with Crippen LogP contribution in [0.25, 0.3) is 0 Å². The average molecular weight is 242 g/mol. The van der Waals surface area contributed by atoms with E-state index < -0.39 is 5.60 Å². The van der Waals surface area contributed by atoms with Crippen LogP contribution in [0.15, 0.2) is 0 Å². The minimum atomic E-state index is -0.422. The van der Waals surface area contributed by atoms with Crippen molar-refractivity contribution in [1.29, 1.82) is 0 Å². The Labute approximate surface area is 105 Å². The van der Waals surface area contributed by atoms with Crippen molar-refractivity contribution >= 4 is 6.09 Å². The standard InChI is InChI=1S/C13H26N2O2/c1-11(10-15-8-6-5-7-9-15)14-12(16)17-13(2,3)4/h11H,5-10H2,1-4H3,(H,14,16)/t11-/m1/s1. The molecule has 4 heteroatoms. The molecule has 17 heavy (non-hydrogen) atoms. The van der Waals surface area contributed by atoms with Crippen LogP contribution < -0.4 is 5.32 Å². The summed E-state index contributed by atoms with van der Waals surface area (Å²) in [6, 6.07) is 0.142. The van der Waals surface area contributed by atoms with Gasteiger partial charge in [0.25, 0.3) is 0 Å². The van der Waals surface area contributed by atoms with Crippen LogP contribution in [0.5, 0.6) is 0 Å². The lowest BCUT2D eigenvalue weighted by molar-refractivity contribution is 0.0494. The van der Waals surface area contributed by atoms with Crippen LogP contribution >= 0.6 is 0 Å². The number of carbonyl (C=O) groups is 1. The molecule has 0 aromatic heterocycles. The molecule has 0 bridgehead atoms. The number of hydrogen-bond acceptors (Lipinski definition) is 3. The molecule has 0 aromatic rings. The predicted molar refractivity (Wildman–Crippen MR) is 69.1 cm³/mol. The van der Waals surface area contributed by atoms with Gasteiger partial charge < -0.3 is 15.0 Å². The van der Waals surface area contributed by atoms with Gasteiger partial charge in [0.15, 0.2) is 0 Å². The van der Waals surface area contributed by atoms with Crippen molar-refractivity contribution in [3.8, 4) is 0 Å². The number of likely N-dealkylation sites (tertiary alicyclic amines) is 1. The summed E-state index contributed by atoms with van der Waals surface area (Å²) in [7, 11) is 0. The van der Waals surface area contributed by atoms with Gasteiger partial charge in [-0.25, -0.2) is 4.79 Å². The molecule has 1 saturated heterocycles. The first-order valence-electron chi connectivity index (χ1n) is 6.59. The van der Waals surface area contributed by atoms with Gasteiger partial charge in [-0.3, -0.25) is 0 Å². The van der Waals surface area contributed by atoms with Gasteiger partial charge >= 0.3 is 6.09 Å². The molecule has 0 unspecified atom stereocenters. The summed E-state index contributed by atoms with van der Waals surface area (Å²) in [5.74, 6) is 0. The van der Waals surface area contributed by atoms with Gasteiger partial charge in [0.1, 0.15) is 5.60 Å². The van der Waals surface area contributed by atoms with Crippen molar-refractivity contribution in [3.05, 3.63) is 0 Å². The van der Waals surface area contributed by atoms with Crippen LogP contribution in [0, 0.1) is 0 Å². The molecule has 0 radical (unpaired) electrons. The molecule has 1 amide bonds. The van der Waals surface area contributed by atoms with Crippen molar-refractivity contribution < 1.29 is 9.53 Å². The monoisotopic (exact) mass is 242 g/mol. The highest BCUT2D eigenvalue weighted by atomic mass is 16.6. The molecule has 1 aliphatic rings. The summed E-state index contributed by atoms with van der Waals surface area (Å²) in [6.07, 6.45) is 3.57. The number of amides is 1. The zero-order chi connectivity index (χ0) is 12.9. The molecule has 0 aliphatic carbocycles. The van der Waals surface area contributed by atoms with Gasteiger partial charge in [0.05, 0.1) is 0 Å². The first-order chi connectivity index (χ1) is 7.87. The highest BCUT2D eigenvalue weighted by molar-refractivity contribution is 5.68. The molecule has 1 atom stereocenters. The fraction of sp³-hybridized carbons (Fsp3) is 0.923. The quantitative estimate of drug-likeness (QED) is 0.826. The zero-order valence-corrected chi connectivity index (χ0v) is 11.6. The van der Waals surface area contributed by atoms with E-state index in [9.17, 15) is 4.79 Å². The number of alkyl carbamates (subject to hydrolysis) is 1. The Morgan fingerprint density at radius 3 is 2.41 bits per heavy atom. The van der Waals surface area contributed by atoms with Crippen molar-refractivity contribution in [1.82, 2.24) is 10.2 Å². The molecule has 1 N–H and O–H groups in total. The number of nitrogens with one attached hydrogen (secondary N) is 1. The third-order valence-electron chi connectivity index (χ3n) is 2.74. The van der Waals surface area contributed by atoms with E-state index in [1.54, 1.807) is 0 Å². The Bertz CT molecular complexity index is 242. The van der Waals surface area contributed by atoms with Gasteiger partial charge in [-0.05, 0) is 53.6 Å². The molecular weight excluding hydrogens is 216 g/mol. The molecule has 0 spiro atoms. The maximum atomic E-state index is 11.6. The second-order valence-electron chi connectivity index (χ2n) is 5.91. The third kappa shape index (κ3) is 6.51. The Hall–Kier alpha value is -0.770. The van der Waals surface area contributed by atoms with E-state index in [0.717, 1.165) is 19.6 Å². The smallest absolute Gasteiger partial charge is 0.407 e. The molecule has 0 aromatic carbocycles. The van der Waals surface area contributed by atoms with Crippen molar-refractivity contribution in [2.24, 2.45) is 0 Å². The van der Waals surface area contributed by atoms with Gasteiger partial charge in [0.2, 0.25) is 0 Å². The van der Waals surface area contributed by atoms with Gasteiger partial charge in [-0.15, -0.1) is 0 Å². The third-order valence-corrected chi connectivity index (χ3v) is 2.74. The first kappa shape index (κ1) is 14.3. The minimum absolute atomic E-state index is 0.142. The molecule has 100 valence electrons. The number of piperidine rings is 1. The van der Waals surface area contributed by atoms with Crippen molar-refractivity contribution in [3.63, 3.8) is 0 Å². The van der Waals surface area contributed by atoms with Crippen LogP contribution in [0.4, 0.5) is 4.79 Å². The minimum Gasteiger partial charge on any atom is -0.444 e. The van der Waals surface area contributed by atoms with E-state index in [1.807, 2.05) is 27.7 Å². The van der Waals surface area contributed by atoms with Crippen LogP contribution in [0.3, 0.4) is 0 Å². The summed E-state index contributed by atoms with van der Waals surface area (Å²) in [6.45, 7) is 10.9. The number of rotatable bonds is 3.